The van der Waals surface area contributed by atoms with Crippen LogP contribution in [0.25, 0.3) is 0 Å². The number of aliphatic hydroxyl groups is 2. The molecule has 0 aromatic carbocycles. The van der Waals surface area contributed by atoms with E-state index >= 15 is 0 Å². The summed E-state index contributed by atoms with van der Waals surface area (Å²) in [5.74, 6) is 2.42. The van der Waals surface area contributed by atoms with Gasteiger partial charge in [0.05, 0.1) is 17.8 Å². The number of ether oxygens (including phenoxy) is 1. The molecule has 4 fully saturated rings. The average molecular weight is 459 g/mol. The third-order valence-electron chi connectivity index (χ3n) is 12.6. The minimum Gasteiger partial charge on any atom is -0.393 e. The van der Waals surface area contributed by atoms with Crippen LogP contribution in [-0.2, 0) is 4.74 Å². The zero-order valence-corrected chi connectivity index (χ0v) is 22.6. The first-order chi connectivity index (χ1) is 15.2. The lowest BCUT2D eigenvalue weighted by molar-refractivity contribution is -0.131. The molecular weight excluding hydrogens is 408 g/mol. The maximum atomic E-state index is 10.9. The predicted molar refractivity (Wildman–Crippen MR) is 134 cm³/mol. The van der Waals surface area contributed by atoms with Crippen LogP contribution in [0.3, 0.4) is 0 Å². The molecule has 0 aromatic heterocycles. The molecule has 10 atom stereocenters. The lowest BCUT2D eigenvalue weighted by Crippen LogP contribution is -2.58. The Morgan fingerprint density at radius 1 is 1.00 bits per heavy atom. The summed E-state index contributed by atoms with van der Waals surface area (Å²) in [7, 11) is 0. The van der Waals surface area contributed by atoms with Gasteiger partial charge in [-0.05, 0) is 111 Å². The minimum absolute atomic E-state index is 0.00178. The molecule has 4 unspecified atom stereocenters. The van der Waals surface area contributed by atoms with E-state index in [1.54, 1.807) is 5.57 Å². The van der Waals surface area contributed by atoms with Crippen molar-refractivity contribution in [2.75, 3.05) is 0 Å². The standard InChI is InChI=1S/C30H50O3/c1-18(17-22(31)25-27(4,5)33-25)19-11-15-30(8)21-9-10-23-26(2,3)24(32)13-14-28(23,6)20(21)12-16-29(19,30)7/h9,18-20,22-25,31-32H,10-17H2,1-8H3/t18?,19-,20-,22?,23+,24?,25?,28-,29+,30-/m1/s1. The van der Waals surface area contributed by atoms with Crippen molar-refractivity contribution in [2.45, 2.75) is 131 Å². The highest BCUT2D eigenvalue weighted by Crippen LogP contribution is 2.73. The van der Waals surface area contributed by atoms with Crippen molar-refractivity contribution in [3.8, 4) is 0 Å². The smallest absolute Gasteiger partial charge is 0.113 e. The van der Waals surface area contributed by atoms with Crippen LogP contribution in [0.5, 0.6) is 0 Å². The summed E-state index contributed by atoms with van der Waals surface area (Å²) in [4.78, 5) is 0. The van der Waals surface area contributed by atoms with E-state index in [2.05, 4.69) is 61.5 Å². The van der Waals surface area contributed by atoms with Crippen LogP contribution >= 0.6 is 0 Å². The van der Waals surface area contributed by atoms with Crippen LogP contribution in [0.15, 0.2) is 11.6 Å². The summed E-state index contributed by atoms with van der Waals surface area (Å²) in [6, 6.07) is 0. The predicted octanol–water partition coefficient (Wildman–Crippen LogP) is 6.52. The molecule has 0 aromatic rings. The van der Waals surface area contributed by atoms with Crippen molar-refractivity contribution < 1.29 is 14.9 Å². The topological polar surface area (TPSA) is 53.0 Å². The van der Waals surface area contributed by atoms with Crippen molar-refractivity contribution in [2.24, 2.45) is 45.3 Å². The van der Waals surface area contributed by atoms with E-state index in [0.29, 0.717) is 34.5 Å². The first-order valence-electron chi connectivity index (χ1n) is 13.9. The first kappa shape index (κ1) is 24.3. The number of fused-ring (bicyclic) bond motifs is 5. The summed E-state index contributed by atoms with van der Waals surface area (Å²) < 4.78 is 5.76. The molecule has 188 valence electrons. The van der Waals surface area contributed by atoms with Gasteiger partial charge < -0.3 is 14.9 Å². The van der Waals surface area contributed by atoms with Gasteiger partial charge in [0, 0.05) is 0 Å². The van der Waals surface area contributed by atoms with Crippen LogP contribution in [0.2, 0.25) is 0 Å². The Kier molecular flexibility index (Phi) is 5.40. The van der Waals surface area contributed by atoms with Gasteiger partial charge in [0.15, 0.2) is 0 Å². The second-order valence-electron chi connectivity index (χ2n) is 14.7. The number of hydrogen-bond acceptors (Lipinski definition) is 3. The van der Waals surface area contributed by atoms with E-state index in [4.69, 9.17) is 4.74 Å². The van der Waals surface area contributed by atoms with Gasteiger partial charge in [-0.3, -0.25) is 0 Å². The summed E-state index contributed by atoms with van der Waals surface area (Å²) in [5.41, 5.74) is 2.50. The fourth-order valence-corrected chi connectivity index (χ4v) is 10.2. The molecule has 5 rings (SSSR count). The van der Waals surface area contributed by atoms with Gasteiger partial charge in [0.25, 0.3) is 0 Å². The molecule has 5 aliphatic rings. The van der Waals surface area contributed by atoms with Crippen molar-refractivity contribution >= 4 is 0 Å². The van der Waals surface area contributed by atoms with Crippen LogP contribution in [0.4, 0.5) is 0 Å². The van der Waals surface area contributed by atoms with Crippen LogP contribution in [0, 0.1) is 45.3 Å². The quantitative estimate of drug-likeness (QED) is 0.372. The lowest BCUT2D eigenvalue weighted by Gasteiger charge is -2.64. The van der Waals surface area contributed by atoms with Gasteiger partial charge in [-0.25, -0.2) is 0 Å². The molecule has 4 aliphatic carbocycles. The lowest BCUT2D eigenvalue weighted by atomic mass is 9.41. The van der Waals surface area contributed by atoms with Gasteiger partial charge in [-0.2, -0.15) is 0 Å². The molecule has 1 heterocycles. The molecular formula is C30H50O3. The van der Waals surface area contributed by atoms with Gasteiger partial charge >= 0.3 is 0 Å². The maximum absolute atomic E-state index is 10.9. The molecule has 0 radical (unpaired) electrons. The molecule has 3 heteroatoms. The van der Waals surface area contributed by atoms with Gasteiger partial charge in [0.1, 0.15) is 6.10 Å². The number of allylic oxidation sites excluding steroid dienone is 2. The molecule has 0 spiro atoms. The van der Waals surface area contributed by atoms with Gasteiger partial charge in [0.2, 0.25) is 0 Å². The highest BCUT2D eigenvalue weighted by atomic mass is 16.6. The second-order valence-corrected chi connectivity index (χ2v) is 14.7. The van der Waals surface area contributed by atoms with Gasteiger partial charge in [-0.1, -0.05) is 53.2 Å². The third-order valence-corrected chi connectivity index (χ3v) is 12.6. The summed E-state index contributed by atoms with van der Waals surface area (Å²) in [5, 5.41) is 21.7. The van der Waals surface area contributed by atoms with E-state index in [1.165, 1.54) is 32.1 Å². The first-order valence-corrected chi connectivity index (χ1v) is 13.9. The van der Waals surface area contributed by atoms with Crippen molar-refractivity contribution in [3.63, 3.8) is 0 Å². The zero-order valence-electron chi connectivity index (χ0n) is 22.6. The van der Waals surface area contributed by atoms with Crippen LogP contribution in [0.1, 0.15) is 107 Å². The molecule has 0 amide bonds. The Morgan fingerprint density at radius 3 is 2.30 bits per heavy atom. The average Bonchev–Trinajstić information content (AvgIpc) is 3.26. The molecule has 1 aliphatic heterocycles. The van der Waals surface area contributed by atoms with E-state index < -0.39 is 0 Å². The summed E-state index contributed by atoms with van der Waals surface area (Å²) in [6.45, 7) is 19.0. The Labute approximate surface area is 202 Å². The van der Waals surface area contributed by atoms with E-state index in [9.17, 15) is 10.2 Å². The van der Waals surface area contributed by atoms with Gasteiger partial charge in [-0.15, -0.1) is 0 Å². The Hall–Kier alpha value is -0.380. The number of aliphatic hydroxyl groups excluding tert-OH is 2. The van der Waals surface area contributed by atoms with E-state index in [1.807, 2.05) is 0 Å². The Bertz CT molecular complexity index is 828. The summed E-state index contributed by atoms with van der Waals surface area (Å²) >= 11 is 0. The molecule has 2 N–H and O–H groups in total. The second kappa shape index (κ2) is 7.32. The molecule has 3 saturated carbocycles. The number of epoxide rings is 1. The molecule has 33 heavy (non-hydrogen) atoms. The fraction of sp³-hybridized carbons (Fsp3) is 0.933. The van der Waals surface area contributed by atoms with E-state index in [0.717, 1.165) is 19.3 Å². The van der Waals surface area contributed by atoms with Crippen LogP contribution < -0.4 is 0 Å². The largest absolute Gasteiger partial charge is 0.393 e. The molecule has 3 nitrogen and oxygen atoms in total. The number of rotatable bonds is 4. The normalized spacial score (nSPS) is 51.6. The maximum Gasteiger partial charge on any atom is 0.113 e. The third kappa shape index (κ3) is 3.23. The summed E-state index contributed by atoms with van der Waals surface area (Å²) in [6.07, 6.45) is 11.4. The molecule has 0 bridgehead atoms. The van der Waals surface area contributed by atoms with E-state index in [-0.39, 0.29) is 34.7 Å². The van der Waals surface area contributed by atoms with Crippen molar-refractivity contribution in [1.29, 1.82) is 0 Å². The highest BCUT2D eigenvalue weighted by Gasteiger charge is 2.65. The fourth-order valence-electron chi connectivity index (χ4n) is 10.2. The Morgan fingerprint density at radius 2 is 1.67 bits per heavy atom. The number of hydrogen-bond donors (Lipinski definition) is 2. The monoisotopic (exact) mass is 458 g/mol. The Balaban J connectivity index is 1.40. The molecule has 1 saturated heterocycles. The van der Waals surface area contributed by atoms with Crippen molar-refractivity contribution in [1.82, 2.24) is 0 Å². The minimum atomic E-state index is -0.341. The SMILES string of the molecule is CC(CC(O)C1OC1(C)C)[C@H]1CC[C@]2(C)C3=CC[C@H]4C(C)(C)C(O)CC[C@]4(C)[C@@H]3CC[C@@]12C. The van der Waals surface area contributed by atoms with Crippen LogP contribution in [-0.4, -0.2) is 34.1 Å². The highest BCUT2D eigenvalue weighted by molar-refractivity contribution is 5.33. The van der Waals surface area contributed by atoms with Crippen molar-refractivity contribution in [3.05, 3.63) is 11.6 Å². The zero-order chi connectivity index (χ0) is 24.2.